The van der Waals surface area contributed by atoms with Gasteiger partial charge in [0.25, 0.3) is 5.91 Å². The molecule has 55 heavy (non-hydrogen) atoms. The highest BCUT2D eigenvalue weighted by atomic mass is 35.5. The van der Waals surface area contributed by atoms with E-state index >= 15 is 0 Å². The summed E-state index contributed by atoms with van der Waals surface area (Å²) in [6, 6.07) is 6.62. The average Bonchev–Trinajstić information content (AvgIpc) is 4.01. The Bertz CT molecular complexity index is 2030. The highest BCUT2D eigenvalue weighted by molar-refractivity contribution is 7.91. The van der Waals surface area contributed by atoms with Gasteiger partial charge in [0.1, 0.15) is 23.7 Å². The number of benzene rings is 2. The Morgan fingerprint density at radius 2 is 1.73 bits per heavy atom. The third-order valence-corrected chi connectivity index (χ3v) is 13.6. The number of hydrogen-bond donors (Lipinski definition) is 3. The summed E-state index contributed by atoms with van der Waals surface area (Å²) in [4.78, 5) is 58.9. The second kappa shape index (κ2) is 13.9. The van der Waals surface area contributed by atoms with Crippen LogP contribution in [0.1, 0.15) is 81.5 Å². The summed E-state index contributed by atoms with van der Waals surface area (Å²) in [5.41, 5.74) is -1.57. The number of likely N-dealkylation sites (tertiary alicyclic amines) is 1. The summed E-state index contributed by atoms with van der Waals surface area (Å²) >= 11 is 6.36. The first-order valence-electron chi connectivity index (χ1n) is 18.5. The number of carbonyl (C=O) groups excluding carboxylic acids is 4. The molecule has 2 aromatic carbocycles. The Kier molecular flexibility index (Phi) is 9.87. The van der Waals surface area contributed by atoms with Gasteiger partial charge in [-0.1, -0.05) is 50.6 Å². The molecule has 4 fully saturated rings. The molecular weight excluding hydrogens is 763 g/mol. The molecule has 2 aliphatic heterocycles. The lowest BCUT2D eigenvalue weighted by atomic mass is 9.85. The Morgan fingerprint density at radius 3 is 2.35 bits per heavy atom. The standard InChI is InChI=1S/C38H45ClF3N5O7S/c1-20-8-11-23(14-27(20)38(40,41)42)43-31(36(2,3)4)33(49)47-18-24(54-35(51)46-17-22-6-5-7-29(39)26(22)19-46)15-30(47)32(48)44-37(16-28(37)21-9-10-21)34(50)45-55(52,53)25-12-13-25/h5-8,11,14,21,24-25,28,30-31,43H,9-10,12-13,15-19H2,1-4H3,(H,44,48)(H,45,50)/t24-,28+,30+,31-,37-/m1/s1. The van der Waals surface area contributed by atoms with E-state index in [1.807, 2.05) is 6.07 Å². The molecule has 3 aliphatic carbocycles. The third kappa shape index (κ3) is 7.98. The van der Waals surface area contributed by atoms with Crippen LogP contribution in [0.25, 0.3) is 0 Å². The molecule has 4 amide bonds. The predicted molar refractivity (Wildman–Crippen MR) is 196 cm³/mol. The summed E-state index contributed by atoms with van der Waals surface area (Å²) in [6.07, 6.45) is -3.67. The molecule has 3 saturated carbocycles. The normalized spacial score (nSPS) is 25.6. The molecule has 17 heteroatoms. The van der Waals surface area contributed by atoms with Crippen molar-refractivity contribution in [2.24, 2.45) is 17.3 Å². The monoisotopic (exact) mass is 807 g/mol. The number of sulfonamides is 1. The first kappa shape index (κ1) is 39.2. The minimum absolute atomic E-state index is 0.00784. The maximum Gasteiger partial charge on any atom is 0.416 e. The molecule has 0 spiro atoms. The van der Waals surface area contributed by atoms with Gasteiger partial charge >= 0.3 is 12.3 Å². The van der Waals surface area contributed by atoms with E-state index in [9.17, 15) is 40.8 Å². The number of alkyl halides is 3. The van der Waals surface area contributed by atoms with Crippen molar-refractivity contribution in [3.05, 3.63) is 63.7 Å². The first-order valence-corrected chi connectivity index (χ1v) is 20.4. The highest BCUT2D eigenvalue weighted by Crippen LogP contribution is 2.57. The van der Waals surface area contributed by atoms with Crippen LogP contribution in [0.15, 0.2) is 36.4 Å². The minimum atomic E-state index is -4.64. The van der Waals surface area contributed by atoms with Crippen molar-refractivity contribution in [2.45, 2.75) is 114 Å². The molecule has 2 heterocycles. The quantitative estimate of drug-likeness (QED) is 0.284. The van der Waals surface area contributed by atoms with Gasteiger partial charge in [0.05, 0.1) is 23.9 Å². The molecule has 0 radical (unpaired) electrons. The lowest BCUT2D eigenvalue weighted by molar-refractivity contribution is -0.141. The van der Waals surface area contributed by atoms with Crippen molar-refractivity contribution in [1.29, 1.82) is 0 Å². The Hall–Kier alpha value is -4.05. The molecule has 2 aromatic rings. The number of carbonyl (C=O) groups is 4. The van der Waals surface area contributed by atoms with Crippen molar-refractivity contribution in [3.63, 3.8) is 0 Å². The molecule has 3 N–H and O–H groups in total. The van der Waals surface area contributed by atoms with Gasteiger partial charge in [-0.05, 0) is 91.2 Å². The van der Waals surface area contributed by atoms with E-state index in [4.69, 9.17) is 16.3 Å². The summed E-state index contributed by atoms with van der Waals surface area (Å²) in [5, 5.41) is 5.65. The second-order valence-corrected chi connectivity index (χ2v) is 19.1. The molecule has 5 atom stereocenters. The molecule has 1 saturated heterocycles. The lowest BCUT2D eigenvalue weighted by Gasteiger charge is -2.36. The van der Waals surface area contributed by atoms with E-state index in [-0.39, 0.29) is 55.6 Å². The van der Waals surface area contributed by atoms with Crippen molar-refractivity contribution in [2.75, 3.05) is 11.9 Å². The lowest BCUT2D eigenvalue weighted by Crippen LogP contribution is -2.58. The fourth-order valence-electron chi connectivity index (χ4n) is 7.90. The minimum Gasteiger partial charge on any atom is -0.444 e. The van der Waals surface area contributed by atoms with Gasteiger partial charge < -0.3 is 20.3 Å². The third-order valence-electron chi connectivity index (χ3n) is 11.4. The van der Waals surface area contributed by atoms with E-state index in [2.05, 4.69) is 15.4 Å². The van der Waals surface area contributed by atoms with E-state index in [0.717, 1.165) is 30.0 Å². The molecule has 7 rings (SSSR count). The summed E-state index contributed by atoms with van der Waals surface area (Å²) in [5.74, 6) is -2.33. The van der Waals surface area contributed by atoms with E-state index in [1.54, 1.807) is 32.9 Å². The number of halogens is 4. The van der Waals surface area contributed by atoms with Crippen LogP contribution in [-0.2, 0) is 48.4 Å². The number of nitrogens with zero attached hydrogens (tertiary/aromatic N) is 2. The molecule has 0 unspecified atom stereocenters. The first-order chi connectivity index (χ1) is 25.7. The number of ether oxygens (including phenoxy) is 1. The van der Waals surface area contributed by atoms with Crippen LogP contribution >= 0.6 is 11.6 Å². The SMILES string of the molecule is Cc1ccc(N[C@H](C(=O)N2C[C@H](OC(=O)N3Cc4cccc(Cl)c4C3)C[C@H]2C(=O)N[C@]2(C(=O)NS(=O)(=O)C3CC3)C[C@H]2C2CC2)C(C)(C)C)cc1C(F)(F)F. The number of amides is 4. The number of rotatable bonds is 10. The average molecular weight is 808 g/mol. The molecular formula is C38H45ClF3N5O7S. The number of aryl methyl sites for hydroxylation is 1. The Labute approximate surface area is 322 Å². The predicted octanol–water partition coefficient (Wildman–Crippen LogP) is 5.51. The number of hydrogen-bond acceptors (Lipinski definition) is 8. The second-order valence-electron chi connectivity index (χ2n) is 16.7. The summed E-state index contributed by atoms with van der Waals surface area (Å²) < 4.78 is 75.2. The van der Waals surface area contributed by atoms with Gasteiger partial charge in [0.15, 0.2) is 0 Å². The van der Waals surface area contributed by atoms with Crippen LogP contribution < -0.4 is 15.4 Å². The van der Waals surface area contributed by atoms with Crippen LogP contribution in [0, 0.1) is 24.2 Å². The van der Waals surface area contributed by atoms with E-state index in [1.165, 1.54) is 28.9 Å². The molecule has 0 aromatic heterocycles. The van der Waals surface area contributed by atoms with Crippen molar-refractivity contribution < 1.29 is 45.5 Å². The number of nitrogens with one attached hydrogen (secondary N) is 3. The molecule has 12 nitrogen and oxygen atoms in total. The smallest absolute Gasteiger partial charge is 0.416 e. The molecule has 0 bridgehead atoms. The van der Waals surface area contributed by atoms with Gasteiger partial charge in [-0.2, -0.15) is 13.2 Å². The number of fused-ring (bicyclic) bond motifs is 1. The van der Waals surface area contributed by atoms with Crippen molar-refractivity contribution >= 4 is 51.1 Å². The van der Waals surface area contributed by atoms with Crippen LogP contribution in [0.3, 0.4) is 0 Å². The van der Waals surface area contributed by atoms with Crippen LogP contribution in [0.2, 0.25) is 5.02 Å². The Morgan fingerprint density at radius 1 is 1.02 bits per heavy atom. The topological polar surface area (TPSA) is 154 Å². The van der Waals surface area contributed by atoms with E-state index < -0.39 is 80.0 Å². The fourth-order valence-corrected chi connectivity index (χ4v) is 9.52. The van der Waals surface area contributed by atoms with E-state index in [0.29, 0.717) is 17.9 Å². The Balaban J connectivity index is 1.15. The zero-order chi connectivity index (χ0) is 39.8. The van der Waals surface area contributed by atoms with Gasteiger partial charge in [-0.3, -0.25) is 24.0 Å². The maximum atomic E-state index is 14.6. The van der Waals surface area contributed by atoms with Crippen LogP contribution in [0.5, 0.6) is 0 Å². The summed E-state index contributed by atoms with van der Waals surface area (Å²) in [7, 11) is -3.93. The van der Waals surface area contributed by atoms with Gasteiger partial charge in [0.2, 0.25) is 21.8 Å². The largest absolute Gasteiger partial charge is 0.444 e. The van der Waals surface area contributed by atoms with Gasteiger partial charge in [-0.15, -0.1) is 0 Å². The zero-order valence-electron chi connectivity index (χ0n) is 31.0. The van der Waals surface area contributed by atoms with Gasteiger partial charge in [0, 0.05) is 23.7 Å². The van der Waals surface area contributed by atoms with Crippen molar-refractivity contribution in [3.8, 4) is 0 Å². The molecule has 5 aliphatic rings. The van der Waals surface area contributed by atoms with Gasteiger partial charge in [-0.25, -0.2) is 13.2 Å². The van der Waals surface area contributed by atoms with Crippen LogP contribution in [-0.4, -0.2) is 77.6 Å². The fraction of sp³-hybridized carbons (Fsp3) is 0.579. The molecule has 298 valence electrons. The van der Waals surface area contributed by atoms with Crippen LogP contribution in [0.4, 0.5) is 23.7 Å². The number of anilines is 1. The summed E-state index contributed by atoms with van der Waals surface area (Å²) in [6.45, 7) is 6.74. The zero-order valence-corrected chi connectivity index (χ0v) is 32.5. The maximum absolute atomic E-state index is 14.6. The highest BCUT2D eigenvalue weighted by Gasteiger charge is 2.67. The van der Waals surface area contributed by atoms with Crippen molar-refractivity contribution in [1.82, 2.24) is 19.8 Å².